The number of alkyl halides is 1. The summed E-state index contributed by atoms with van der Waals surface area (Å²) in [7, 11) is 0. The first-order valence-electron chi connectivity index (χ1n) is 5.80. The van der Waals surface area contributed by atoms with Crippen LogP contribution in [0, 0.1) is 11.3 Å². The summed E-state index contributed by atoms with van der Waals surface area (Å²) in [5.41, 5.74) is 2.09. The Labute approximate surface area is 97.3 Å². The Morgan fingerprint density at radius 3 is 2.71 bits per heavy atom. The van der Waals surface area contributed by atoms with Gasteiger partial charge in [-0.2, -0.15) is 0 Å². The van der Waals surface area contributed by atoms with Gasteiger partial charge in [0.15, 0.2) is 0 Å². The van der Waals surface area contributed by atoms with Crippen molar-refractivity contribution >= 4 is 15.9 Å². The molecule has 1 heteroatoms. The molecule has 1 unspecified atom stereocenters. The Hall–Kier alpha value is 0.220. The number of hydrogen-bond acceptors (Lipinski definition) is 0. The summed E-state index contributed by atoms with van der Waals surface area (Å²) >= 11 is 3.49. The lowest BCUT2D eigenvalue weighted by molar-refractivity contribution is 0.332. The zero-order chi connectivity index (χ0) is 10.6. The molecular formula is C13H23Br. The average molecular weight is 259 g/mol. The topological polar surface area (TPSA) is 0 Å². The van der Waals surface area contributed by atoms with Gasteiger partial charge >= 0.3 is 0 Å². The van der Waals surface area contributed by atoms with E-state index in [2.05, 4.69) is 42.8 Å². The van der Waals surface area contributed by atoms with Crippen LogP contribution in [0.3, 0.4) is 0 Å². The monoisotopic (exact) mass is 258 g/mol. The molecule has 0 nitrogen and oxygen atoms in total. The van der Waals surface area contributed by atoms with E-state index in [9.17, 15) is 0 Å². The number of unbranched alkanes of at least 4 members (excludes halogenated alkanes) is 1. The van der Waals surface area contributed by atoms with Gasteiger partial charge in [-0.05, 0) is 43.9 Å². The Balaban J connectivity index is 2.42. The molecule has 1 aliphatic rings. The van der Waals surface area contributed by atoms with Crippen LogP contribution in [0.1, 0.15) is 52.9 Å². The second-order valence-corrected chi connectivity index (χ2v) is 6.09. The summed E-state index contributed by atoms with van der Waals surface area (Å²) in [6, 6.07) is 0. The first kappa shape index (κ1) is 12.3. The van der Waals surface area contributed by atoms with E-state index in [0.717, 1.165) is 11.2 Å². The fourth-order valence-electron chi connectivity index (χ4n) is 2.44. The van der Waals surface area contributed by atoms with E-state index in [-0.39, 0.29) is 0 Å². The maximum absolute atomic E-state index is 3.49. The standard InChI is InChI=1S/C13H23Br/c1-11-10-13(2,3)8-7-12(11)6-4-5-9-14/h10,12H,4-9H2,1-3H3. The third-order valence-corrected chi connectivity index (χ3v) is 3.90. The predicted octanol–water partition coefficient (Wildman–Crippen LogP) is 4.93. The van der Waals surface area contributed by atoms with Gasteiger partial charge in [-0.15, -0.1) is 0 Å². The molecule has 1 atom stereocenters. The van der Waals surface area contributed by atoms with Crippen LogP contribution in [0.2, 0.25) is 0 Å². The molecule has 0 aromatic heterocycles. The lowest BCUT2D eigenvalue weighted by Crippen LogP contribution is -2.19. The molecule has 0 aromatic rings. The molecule has 1 aliphatic carbocycles. The zero-order valence-electron chi connectivity index (χ0n) is 9.78. The molecule has 82 valence electrons. The highest BCUT2D eigenvalue weighted by Crippen LogP contribution is 2.38. The molecule has 0 bridgehead atoms. The Morgan fingerprint density at radius 2 is 2.14 bits per heavy atom. The minimum Gasteiger partial charge on any atom is -0.0928 e. The van der Waals surface area contributed by atoms with Crippen molar-refractivity contribution in [1.29, 1.82) is 0 Å². The van der Waals surface area contributed by atoms with Gasteiger partial charge in [0, 0.05) is 5.33 Å². The summed E-state index contributed by atoms with van der Waals surface area (Å²) < 4.78 is 0. The number of allylic oxidation sites excluding steroid dienone is 2. The van der Waals surface area contributed by atoms with Crippen LogP contribution in [0.5, 0.6) is 0 Å². The highest BCUT2D eigenvalue weighted by atomic mass is 79.9. The highest BCUT2D eigenvalue weighted by Gasteiger charge is 2.24. The quantitative estimate of drug-likeness (QED) is 0.381. The third kappa shape index (κ3) is 3.76. The molecule has 0 radical (unpaired) electrons. The molecule has 0 N–H and O–H groups in total. The molecule has 0 aliphatic heterocycles. The van der Waals surface area contributed by atoms with Crippen LogP contribution >= 0.6 is 15.9 Å². The summed E-state index contributed by atoms with van der Waals surface area (Å²) in [5.74, 6) is 0.877. The number of hydrogen-bond donors (Lipinski definition) is 0. The first-order chi connectivity index (χ1) is 6.55. The van der Waals surface area contributed by atoms with Crippen LogP contribution in [0.15, 0.2) is 11.6 Å². The van der Waals surface area contributed by atoms with Crippen LogP contribution < -0.4 is 0 Å². The van der Waals surface area contributed by atoms with Crippen molar-refractivity contribution in [3.05, 3.63) is 11.6 Å². The third-order valence-electron chi connectivity index (χ3n) is 3.34. The molecule has 0 amide bonds. The van der Waals surface area contributed by atoms with Crippen molar-refractivity contribution < 1.29 is 0 Å². The van der Waals surface area contributed by atoms with Gasteiger partial charge in [0.05, 0.1) is 0 Å². The van der Waals surface area contributed by atoms with Gasteiger partial charge in [0.1, 0.15) is 0 Å². The molecule has 0 heterocycles. The zero-order valence-corrected chi connectivity index (χ0v) is 11.4. The van der Waals surface area contributed by atoms with E-state index in [4.69, 9.17) is 0 Å². The van der Waals surface area contributed by atoms with Gasteiger partial charge in [-0.25, -0.2) is 0 Å². The Bertz CT molecular complexity index is 203. The number of rotatable bonds is 4. The van der Waals surface area contributed by atoms with Crippen molar-refractivity contribution in [2.75, 3.05) is 5.33 Å². The lowest BCUT2D eigenvalue weighted by atomic mass is 9.74. The molecule has 0 saturated heterocycles. The maximum Gasteiger partial charge on any atom is 0.00313 e. The van der Waals surface area contributed by atoms with E-state index in [1.165, 1.54) is 32.1 Å². The smallest absolute Gasteiger partial charge is 0.00313 e. The molecular weight excluding hydrogens is 236 g/mol. The van der Waals surface area contributed by atoms with E-state index >= 15 is 0 Å². The summed E-state index contributed by atoms with van der Waals surface area (Å²) in [6.45, 7) is 7.02. The van der Waals surface area contributed by atoms with E-state index < -0.39 is 0 Å². The van der Waals surface area contributed by atoms with Gasteiger partial charge in [-0.1, -0.05) is 47.8 Å². The minimum absolute atomic E-state index is 0.454. The molecule has 14 heavy (non-hydrogen) atoms. The molecule has 1 rings (SSSR count). The van der Waals surface area contributed by atoms with Gasteiger partial charge < -0.3 is 0 Å². The van der Waals surface area contributed by atoms with Crippen molar-refractivity contribution in [3.8, 4) is 0 Å². The molecule has 0 saturated carbocycles. The van der Waals surface area contributed by atoms with Crippen molar-refractivity contribution in [1.82, 2.24) is 0 Å². The van der Waals surface area contributed by atoms with Crippen molar-refractivity contribution in [2.24, 2.45) is 11.3 Å². The van der Waals surface area contributed by atoms with Gasteiger partial charge in [0.25, 0.3) is 0 Å². The van der Waals surface area contributed by atoms with E-state index in [1.54, 1.807) is 5.57 Å². The average Bonchev–Trinajstić information content (AvgIpc) is 2.08. The second kappa shape index (κ2) is 5.34. The largest absolute Gasteiger partial charge is 0.0928 e. The Morgan fingerprint density at radius 1 is 1.43 bits per heavy atom. The fraction of sp³-hybridized carbons (Fsp3) is 0.846. The van der Waals surface area contributed by atoms with Crippen LogP contribution in [0.25, 0.3) is 0 Å². The van der Waals surface area contributed by atoms with E-state index in [0.29, 0.717) is 5.41 Å². The Kier molecular flexibility index (Phi) is 4.69. The highest BCUT2D eigenvalue weighted by molar-refractivity contribution is 9.09. The van der Waals surface area contributed by atoms with Crippen LogP contribution in [-0.4, -0.2) is 5.33 Å². The normalized spacial score (nSPS) is 26.0. The molecule has 0 spiro atoms. The summed E-state index contributed by atoms with van der Waals surface area (Å²) in [5, 5.41) is 1.16. The van der Waals surface area contributed by atoms with Gasteiger partial charge in [-0.3, -0.25) is 0 Å². The SMILES string of the molecule is CC1=CC(C)(C)CCC1CCCCBr. The second-order valence-electron chi connectivity index (χ2n) is 5.30. The van der Waals surface area contributed by atoms with Crippen molar-refractivity contribution in [3.63, 3.8) is 0 Å². The minimum atomic E-state index is 0.454. The first-order valence-corrected chi connectivity index (χ1v) is 6.92. The van der Waals surface area contributed by atoms with Crippen LogP contribution in [0.4, 0.5) is 0 Å². The lowest BCUT2D eigenvalue weighted by Gasteiger charge is -2.32. The van der Waals surface area contributed by atoms with E-state index in [1.807, 2.05) is 0 Å². The van der Waals surface area contributed by atoms with Gasteiger partial charge in [0.2, 0.25) is 0 Å². The van der Waals surface area contributed by atoms with Crippen molar-refractivity contribution in [2.45, 2.75) is 52.9 Å². The number of halogens is 1. The summed E-state index contributed by atoms with van der Waals surface area (Å²) in [6.07, 6.45) is 9.36. The maximum atomic E-state index is 3.49. The summed E-state index contributed by atoms with van der Waals surface area (Å²) in [4.78, 5) is 0. The predicted molar refractivity (Wildman–Crippen MR) is 67.9 cm³/mol. The molecule has 0 fully saturated rings. The molecule has 0 aromatic carbocycles. The fourth-order valence-corrected chi connectivity index (χ4v) is 2.83. The van der Waals surface area contributed by atoms with Crippen LogP contribution in [-0.2, 0) is 0 Å².